The average Bonchev–Trinajstić information content (AvgIpc) is 3.02. The molecule has 1 atom stereocenters. The third-order valence-electron chi connectivity index (χ3n) is 7.27. The van der Waals surface area contributed by atoms with E-state index in [0.29, 0.717) is 17.3 Å². The lowest BCUT2D eigenvalue weighted by atomic mass is 10.0. The van der Waals surface area contributed by atoms with Gasteiger partial charge in [-0.25, -0.2) is 8.42 Å². The van der Waals surface area contributed by atoms with Crippen LogP contribution in [0.25, 0.3) is 0 Å². The van der Waals surface area contributed by atoms with Gasteiger partial charge < -0.3 is 10.2 Å². The van der Waals surface area contributed by atoms with Crippen LogP contribution in [0.4, 0.5) is 5.69 Å². The van der Waals surface area contributed by atoms with Crippen molar-refractivity contribution in [2.75, 3.05) is 17.4 Å². The number of unbranched alkanes of at least 4 members (excludes halogenated alkanes) is 1. The fourth-order valence-corrected chi connectivity index (χ4v) is 6.42. The molecule has 0 aromatic heterocycles. The van der Waals surface area contributed by atoms with Gasteiger partial charge in [-0.1, -0.05) is 97.7 Å². The normalized spacial score (nSPS) is 11.9. The molecule has 4 aromatic rings. The Labute approximate surface area is 265 Å². The average molecular weight is 632 g/mol. The zero-order valence-electron chi connectivity index (χ0n) is 25.0. The fraction of sp³-hybridized carbons (Fsp3) is 0.257. The predicted molar refractivity (Wildman–Crippen MR) is 176 cm³/mol. The molecule has 0 saturated carbocycles. The summed E-state index contributed by atoms with van der Waals surface area (Å²) in [4.78, 5) is 29.7. The Kier molecular flexibility index (Phi) is 11.6. The van der Waals surface area contributed by atoms with Gasteiger partial charge in [-0.3, -0.25) is 13.9 Å². The summed E-state index contributed by atoms with van der Waals surface area (Å²) >= 11 is 6.05. The zero-order valence-corrected chi connectivity index (χ0v) is 26.6. The molecule has 2 amide bonds. The number of aryl methyl sites for hydroxylation is 1. The van der Waals surface area contributed by atoms with Crippen LogP contribution in [-0.2, 0) is 32.6 Å². The van der Waals surface area contributed by atoms with Crippen LogP contribution in [0.2, 0.25) is 5.02 Å². The molecule has 0 bridgehead atoms. The quantitative estimate of drug-likeness (QED) is 0.163. The van der Waals surface area contributed by atoms with Crippen molar-refractivity contribution >= 4 is 39.1 Å². The monoisotopic (exact) mass is 631 g/mol. The smallest absolute Gasteiger partial charge is 0.264 e. The number of halogens is 1. The maximum atomic E-state index is 14.4. The predicted octanol–water partition coefficient (Wildman–Crippen LogP) is 6.40. The minimum atomic E-state index is -4.18. The Morgan fingerprint density at radius 3 is 2.09 bits per heavy atom. The molecular formula is C35H38ClN3O4S. The molecular weight excluding hydrogens is 594 g/mol. The highest BCUT2D eigenvalue weighted by Gasteiger charge is 2.34. The third kappa shape index (κ3) is 8.71. The molecule has 0 spiro atoms. The Balaban J connectivity index is 1.77. The first-order valence-corrected chi connectivity index (χ1v) is 16.5. The lowest BCUT2D eigenvalue weighted by Gasteiger charge is -2.34. The van der Waals surface area contributed by atoms with E-state index in [1.165, 1.54) is 29.2 Å². The summed E-state index contributed by atoms with van der Waals surface area (Å²) < 4.78 is 29.3. The lowest BCUT2D eigenvalue weighted by molar-refractivity contribution is -0.140. The van der Waals surface area contributed by atoms with Crippen LogP contribution >= 0.6 is 11.6 Å². The van der Waals surface area contributed by atoms with Crippen LogP contribution in [0.1, 0.15) is 36.5 Å². The van der Waals surface area contributed by atoms with Gasteiger partial charge in [0.1, 0.15) is 12.6 Å². The van der Waals surface area contributed by atoms with E-state index in [9.17, 15) is 18.0 Å². The molecule has 7 nitrogen and oxygen atoms in total. The number of rotatable bonds is 14. The van der Waals surface area contributed by atoms with E-state index in [0.717, 1.165) is 33.8 Å². The van der Waals surface area contributed by atoms with Crippen LogP contribution in [0.15, 0.2) is 114 Å². The van der Waals surface area contributed by atoms with Crippen LogP contribution in [0, 0.1) is 6.92 Å². The van der Waals surface area contributed by atoms with Gasteiger partial charge >= 0.3 is 0 Å². The number of carbonyl (C=O) groups is 2. The second-order valence-electron chi connectivity index (χ2n) is 10.7. The van der Waals surface area contributed by atoms with Crippen LogP contribution in [-0.4, -0.2) is 44.3 Å². The lowest BCUT2D eigenvalue weighted by Crippen LogP contribution is -2.53. The molecule has 4 rings (SSSR count). The minimum absolute atomic E-state index is 0.00367. The molecule has 230 valence electrons. The molecule has 0 saturated heterocycles. The number of anilines is 1. The Hall–Kier alpha value is -4.14. The first kappa shape index (κ1) is 32.8. The molecule has 1 N–H and O–H groups in total. The van der Waals surface area contributed by atoms with Crippen LogP contribution < -0.4 is 9.62 Å². The number of nitrogens with one attached hydrogen (secondary N) is 1. The summed E-state index contributed by atoms with van der Waals surface area (Å²) in [5, 5.41) is 3.40. The van der Waals surface area contributed by atoms with E-state index in [4.69, 9.17) is 11.6 Å². The van der Waals surface area contributed by atoms with Crippen molar-refractivity contribution in [3.05, 3.63) is 131 Å². The zero-order chi connectivity index (χ0) is 31.5. The van der Waals surface area contributed by atoms with Gasteiger partial charge in [0.15, 0.2) is 0 Å². The number of nitrogens with zero attached hydrogens (tertiary/aromatic N) is 2. The van der Waals surface area contributed by atoms with Crippen molar-refractivity contribution in [1.29, 1.82) is 0 Å². The second kappa shape index (κ2) is 15.5. The molecule has 1 unspecified atom stereocenters. The van der Waals surface area contributed by atoms with Crippen LogP contribution in [0.5, 0.6) is 0 Å². The van der Waals surface area contributed by atoms with Crippen molar-refractivity contribution in [1.82, 2.24) is 10.2 Å². The Morgan fingerprint density at radius 1 is 0.841 bits per heavy atom. The summed E-state index contributed by atoms with van der Waals surface area (Å²) in [6, 6.07) is 30.9. The molecule has 0 heterocycles. The van der Waals surface area contributed by atoms with E-state index < -0.39 is 28.5 Å². The third-order valence-corrected chi connectivity index (χ3v) is 9.31. The van der Waals surface area contributed by atoms with Crippen molar-refractivity contribution < 1.29 is 18.0 Å². The molecule has 9 heteroatoms. The number of hydrogen-bond acceptors (Lipinski definition) is 4. The number of amides is 2. The molecule has 0 aliphatic heterocycles. The summed E-state index contributed by atoms with van der Waals surface area (Å²) in [6.07, 6.45) is 1.98. The van der Waals surface area contributed by atoms with E-state index in [2.05, 4.69) is 5.32 Å². The summed E-state index contributed by atoms with van der Waals surface area (Å²) in [5.74, 6) is -0.784. The topological polar surface area (TPSA) is 86.8 Å². The largest absolute Gasteiger partial charge is 0.354 e. The molecule has 44 heavy (non-hydrogen) atoms. The van der Waals surface area contributed by atoms with E-state index >= 15 is 0 Å². The summed E-state index contributed by atoms with van der Waals surface area (Å²) in [5.41, 5.74) is 2.89. The molecule has 0 radical (unpaired) electrons. The molecule has 4 aromatic carbocycles. The van der Waals surface area contributed by atoms with Gasteiger partial charge in [0.2, 0.25) is 11.8 Å². The van der Waals surface area contributed by atoms with Crippen molar-refractivity contribution in [2.45, 2.75) is 50.6 Å². The highest BCUT2D eigenvalue weighted by Crippen LogP contribution is 2.26. The number of benzene rings is 4. The van der Waals surface area contributed by atoms with Gasteiger partial charge in [-0.15, -0.1) is 0 Å². The van der Waals surface area contributed by atoms with Crippen molar-refractivity contribution in [3.8, 4) is 0 Å². The Morgan fingerprint density at radius 2 is 1.48 bits per heavy atom. The first-order chi connectivity index (χ1) is 21.2. The maximum absolute atomic E-state index is 14.4. The fourth-order valence-electron chi connectivity index (χ4n) is 4.89. The maximum Gasteiger partial charge on any atom is 0.264 e. The molecule has 0 aliphatic rings. The van der Waals surface area contributed by atoms with E-state index in [1.807, 2.05) is 80.6 Å². The van der Waals surface area contributed by atoms with Gasteiger partial charge in [-0.05, 0) is 66.4 Å². The minimum Gasteiger partial charge on any atom is -0.354 e. The van der Waals surface area contributed by atoms with E-state index in [1.54, 1.807) is 18.2 Å². The van der Waals surface area contributed by atoms with Crippen molar-refractivity contribution in [2.24, 2.45) is 0 Å². The highest BCUT2D eigenvalue weighted by atomic mass is 35.5. The number of sulfonamides is 1. The standard InChI is InChI=1S/C35H38ClN3O4S/c1-3-4-22-37-35(41)33(24-28-13-7-5-8-14-28)38(25-29-15-9-6-10-16-29)34(40)26-39(31-17-11-12-27(2)23-31)44(42,43)32-20-18-30(36)19-21-32/h5-21,23,33H,3-4,22,24-26H2,1-2H3,(H,37,41). The Bertz CT molecular complexity index is 1630. The second-order valence-corrected chi connectivity index (χ2v) is 13.0. The van der Waals surface area contributed by atoms with Gasteiger partial charge in [0.25, 0.3) is 10.0 Å². The number of carbonyl (C=O) groups excluding carboxylic acids is 2. The first-order valence-electron chi connectivity index (χ1n) is 14.7. The van der Waals surface area contributed by atoms with Crippen molar-refractivity contribution in [3.63, 3.8) is 0 Å². The van der Waals surface area contributed by atoms with Gasteiger partial charge in [0.05, 0.1) is 10.6 Å². The summed E-state index contributed by atoms with van der Waals surface area (Å²) in [6.45, 7) is 4.00. The molecule has 0 fully saturated rings. The number of hydrogen-bond donors (Lipinski definition) is 1. The highest BCUT2D eigenvalue weighted by molar-refractivity contribution is 7.92. The van der Waals surface area contributed by atoms with E-state index in [-0.39, 0.29) is 23.8 Å². The van der Waals surface area contributed by atoms with Gasteiger partial charge in [-0.2, -0.15) is 0 Å². The summed E-state index contributed by atoms with van der Waals surface area (Å²) in [7, 11) is -4.18. The molecule has 0 aliphatic carbocycles. The SMILES string of the molecule is CCCCNC(=O)C(Cc1ccccc1)N(Cc1ccccc1)C(=O)CN(c1cccc(C)c1)S(=O)(=O)c1ccc(Cl)cc1. The van der Waals surface area contributed by atoms with Gasteiger partial charge in [0, 0.05) is 24.5 Å². The van der Waals surface area contributed by atoms with Crippen LogP contribution in [0.3, 0.4) is 0 Å².